The Morgan fingerprint density at radius 1 is 0.434 bits per heavy atom. The van der Waals surface area contributed by atoms with E-state index in [9.17, 15) is 29.7 Å². The Labute approximate surface area is 335 Å². The van der Waals surface area contributed by atoms with Crippen LogP contribution in [0.2, 0.25) is 0 Å². The van der Waals surface area contributed by atoms with Gasteiger partial charge in [0.2, 0.25) is 0 Å². The zero-order chi connectivity index (χ0) is 37.1. The molecule has 13 heteroatoms. The Kier molecular flexibility index (Phi) is 11.9. The second kappa shape index (κ2) is 16.8. The zero-order valence-corrected chi connectivity index (χ0v) is 34.2. The first kappa shape index (κ1) is 37.6. The minimum Gasteiger partial charge on any atom is -0.481 e. The van der Waals surface area contributed by atoms with Gasteiger partial charge in [-0.25, -0.2) is 0 Å². The van der Waals surface area contributed by atoms with Crippen LogP contribution in [0, 0.1) is 0 Å². The lowest BCUT2D eigenvalue weighted by atomic mass is 10.1. The van der Waals surface area contributed by atoms with Crippen LogP contribution in [-0.2, 0) is 40.1 Å². The van der Waals surface area contributed by atoms with E-state index >= 15 is 0 Å². The fourth-order valence-corrected chi connectivity index (χ4v) is 14.3. The summed E-state index contributed by atoms with van der Waals surface area (Å²) in [6.45, 7) is 2.20. The summed E-state index contributed by atoms with van der Waals surface area (Å²) in [6, 6.07) is 21.3. The highest BCUT2D eigenvalue weighted by atomic mass is 32.1. The molecule has 0 spiro atoms. The second-order valence-electron chi connectivity index (χ2n) is 12.4. The molecule has 0 bridgehead atoms. The molecule has 0 unspecified atom stereocenters. The first-order valence-corrected chi connectivity index (χ1v) is 22.9. The highest BCUT2D eigenvalue weighted by Gasteiger charge is 2.21. The van der Waals surface area contributed by atoms with E-state index in [0.717, 1.165) is 78.3 Å². The van der Waals surface area contributed by atoms with Gasteiger partial charge in [-0.1, -0.05) is 13.3 Å². The Morgan fingerprint density at radius 3 is 1.21 bits per heavy atom. The SMILES string of the molecule is CCCc1ccsc1-c1ccc(-c2sc(-c3ccc(-c4cc(CCC(=O)O)c(-c5ccc(-c6sccc6CCC(=O)O)s5)s4)s3)cc2CCC(=O)O)s1. The van der Waals surface area contributed by atoms with Crippen LogP contribution in [0.4, 0.5) is 0 Å². The number of aryl methyl sites for hydroxylation is 4. The summed E-state index contributed by atoms with van der Waals surface area (Å²) >= 11 is 11.9. The molecule has 0 saturated carbocycles. The summed E-state index contributed by atoms with van der Waals surface area (Å²) in [7, 11) is 0. The average molecular weight is 835 g/mol. The van der Waals surface area contributed by atoms with Gasteiger partial charge in [0.05, 0.1) is 0 Å². The summed E-state index contributed by atoms with van der Waals surface area (Å²) in [6.07, 6.45) is 3.69. The van der Waals surface area contributed by atoms with E-state index in [4.69, 9.17) is 0 Å². The summed E-state index contributed by atoms with van der Waals surface area (Å²) in [5.41, 5.74) is 4.46. The molecule has 3 N–H and O–H groups in total. The maximum absolute atomic E-state index is 11.6. The molecule has 272 valence electrons. The van der Waals surface area contributed by atoms with Gasteiger partial charge >= 0.3 is 17.9 Å². The average Bonchev–Trinajstić information content (AvgIpc) is 3.98. The van der Waals surface area contributed by atoms with Gasteiger partial charge in [0, 0.05) is 77.8 Å². The molecule has 53 heavy (non-hydrogen) atoms. The molecule has 0 aliphatic carbocycles. The molecule has 0 saturated heterocycles. The summed E-state index contributed by atoms with van der Waals surface area (Å²) in [5.74, 6) is -2.46. The van der Waals surface area contributed by atoms with Crippen LogP contribution < -0.4 is 0 Å². The maximum atomic E-state index is 11.6. The minimum atomic E-state index is -0.836. The van der Waals surface area contributed by atoms with Gasteiger partial charge in [-0.05, 0) is 119 Å². The maximum Gasteiger partial charge on any atom is 0.303 e. The van der Waals surface area contributed by atoms with Gasteiger partial charge in [-0.3, -0.25) is 14.4 Å². The fraction of sp³-hybridized carbons (Fsp3) is 0.225. The third-order valence-corrected chi connectivity index (χ3v) is 17.3. The van der Waals surface area contributed by atoms with Gasteiger partial charge in [0.15, 0.2) is 0 Å². The fourth-order valence-electron chi connectivity index (χ4n) is 6.15. The molecular weight excluding hydrogens is 801 g/mol. The number of hydrogen-bond acceptors (Lipinski definition) is 10. The first-order valence-electron chi connectivity index (χ1n) is 17.0. The lowest BCUT2D eigenvalue weighted by Gasteiger charge is -2.01. The van der Waals surface area contributed by atoms with Gasteiger partial charge in [-0.2, -0.15) is 0 Å². The van der Waals surface area contributed by atoms with Crippen LogP contribution in [0.1, 0.15) is 54.9 Å². The van der Waals surface area contributed by atoms with Crippen LogP contribution >= 0.6 is 79.4 Å². The number of thiophene rings is 7. The van der Waals surface area contributed by atoms with E-state index in [0.29, 0.717) is 19.3 Å². The van der Waals surface area contributed by atoms with Crippen molar-refractivity contribution in [2.75, 3.05) is 0 Å². The van der Waals surface area contributed by atoms with E-state index in [1.165, 1.54) is 15.3 Å². The highest BCUT2D eigenvalue weighted by molar-refractivity contribution is 7.31. The largest absolute Gasteiger partial charge is 0.481 e. The molecule has 0 aliphatic heterocycles. The van der Waals surface area contributed by atoms with E-state index in [1.807, 2.05) is 11.4 Å². The van der Waals surface area contributed by atoms with Crippen LogP contribution in [0.15, 0.2) is 71.4 Å². The van der Waals surface area contributed by atoms with Crippen molar-refractivity contribution >= 4 is 97.3 Å². The van der Waals surface area contributed by atoms with Crippen molar-refractivity contribution in [2.24, 2.45) is 0 Å². The van der Waals surface area contributed by atoms with Crippen molar-refractivity contribution in [1.82, 2.24) is 0 Å². The normalized spacial score (nSPS) is 11.4. The summed E-state index contributed by atoms with van der Waals surface area (Å²) in [5, 5.41) is 32.4. The molecule has 7 rings (SSSR count). The van der Waals surface area contributed by atoms with Crippen LogP contribution in [0.3, 0.4) is 0 Å². The standard InChI is InChI=1S/C40H34O6S7/c1-2-3-22-16-18-47-37(22)28-9-11-30(50-28)39-24(5-14-35(43)44)20-32(52-39)26-7-8-27(49-26)33-21-25(6-15-36(45)46)40(53-33)31-12-10-29(51-31)38-23(17-19-48-38)4-13-34(41)42/h7-12,16-21H,2-6,13-15H2,1H3,(H,41,42)(H,43,44)(H,45,46). The first-order chi connectivity index (χ1) is 25.7. The van der Waals surface area contributed by atoms with Gasteiger partial charge in [-0.15, -0.1) is 79.4 Å². The molecule has 0 radical (unpaired) electrons. The molecular formula is C40H34O6S7. The van der Waals surface area contributed by atoms with Crippen molar-refractivity contribution in [3.63, 3.8) is 0 Å². The molecule has 6 nitrogen and oxygen atoms in total. The van der Waals surface area contributed by atoms with Crippen LogP contribution in [0.5, 0.6) is 0 Å². The third kappa shape index (κ3) is 8.67. The molecule has 0 fully saturated rings. The number of aliphatic carboxylic acids is 3. The van der Waals surface area contributed by atoms with Crippen LogP contribution in [0.25, 0.3) is 58.5 Å². The number of carbonyl (C=O) groups is 3. The van der Waals surface area contributed by atoms with Crippen molar-refractivity contribution in [3.05, 3.63) is 93.7 Å². The zero-order valence-electron chi connectivity index (χ0n) is 28.5. The molecule has 0 aromatic carbocycles. The lowest BCUT2D eigenvalue weighted by molar-refractivity contribution is -0.138. The quantitative estimate of drug-likeness (QED) is 0.0842. The number of hydrogen-bond donors (Lipinski definition) is 3. The third-order valence-electron chi connectivity index (χ3n) is 8.65. The van der Waals surface area contributed by atoms with E-state index in [1.54, 1.807) is 79.4 Å². The van der Waals surface area contributed by atoms with Crippen LogP contribution in [-0.4, -0.2) is 33.2 Å². The Bertz CT molecular complexity index is 2390. The predicted molar refractivity (Wildman–Crippen MR) is 226 cm³/mol. The number of rotatable bonds is 17. The minimum absolute atomic E-state index is 0.0370. The van der Waals surface area contributed by atoms with E-state index in [-0.39, 0.29) is 19.3 Å². The summed E-state index contributed by atoms with van der Waals surface area (Å²) < 4.78 is 0. The Morgan fingerprint density at radius 2 is 0.792 bits per heavy atom. The lowest BCUT2D eigenvalue weighted by Crippen LogP contribution is -1.97. The van der Waals surface area contributed by atoms with Crippen molar-refractivity contribution in [3.8, 4) is 58.5 Å². The van der Waals surface area contributed by atoms with E-state index < -0.39 is 17.9 Å². The Balaban J connectivity index is 1.19. The topological polar surface area (TPSA) is 112 Å². The smallest absolute Gasteiger partial charge is 0.303 e. The van der Waals surface area contributed by atoms with Gasteiger partial charge < -0.3 is 15.3 Å². The second-order valence-corrected chi connectivity index (χ2v) is 19.6. The highest BCUT2D eigenvalue weighted by Crippen LogP contribution is 2.49. The predicted octanol–water partition coefficient (Wildman–Crippen LogP) is 13.1. The van der Waals surface area contributed by atoms with Gasteiger partial charge in [0.1, 0.15) is 0 Å². The molecule has 0 atom stereocenters. The molecule has 7 heterocycles. The van der Waals surface area contributed by atoms with Crippen molar-refractivity contribution in [1.29, 1.82) is 0 Å². The number of carboxylic acid groups (broad SMARTS) is 3. The molecule has 7 aromatic rings. The molecule has 7 aromatic heterocycles. The molecule has 0 amide bonds. The van der Waals surface area contributed by atoms with Crippen molar-refractivity contribution < 1.29 is 29.7 Å². The monoisotopic (exact) mass is 834 g/mol. The Hall–Kier alpha value is -3.69. The van der Waals surface area contributed by atoms with Gasteiger partial charge in [0.25, 0.3) is 0 Å². The van der Waals surface area contributed by atoms with E-state index in [2.05, 4.69) is 66.9 Å². The number of carboxylic acids is 3. The molecule has 0 aliphatic rings. The summed E-state index contributed by atoms with van der Waals surface area (Å²) in [4.78, 5) is 48.0. The van der Waals surface area contributed by atoms with Crippen molar-refractivity contribution in [2.45, 2.75) is 58.3 Å².